The lowest BCUT2D eigenvalue weighted by atomic mass is 10.0. The Kier molecular flexibility index (Phi) is 3.19. The van der Waals surface area contributed by atoms with Gasteiger partial charge in [0.05, 0.1) is 19.0 Å². The maximum atomic E-state index is 10.8. The van der Waals surface area contributed by atoms with E-state index in [0.717, 1.165) is 33.5 Å². The molecule has 1 heterocycles. The zero-order chi connectivity index (χ0) is 13.3. The molecule has 0 aliphatic carbocycles. The van der Waals surface area contributed by atoms with E-state index in [-0.39, 0.29) is 6.42 Å². The van der Waals surface area contributed by atoms with Crippen LogP contribution < -0.4 is 4.74 Å². The lowest BCUT2D eigenvalue weighted by molar-refractivity contribution is -0.136. The average molecular weight is 245 g/mol. The third-order valence-corrected chi connectivity index (χ3v) is 2.83. The van der Waals surface area contributed by atoms with Crippen LogP contribution in [-0.2, 0) is 11.2 Å². The van der Waals surface area contributed by atoms with Crippen LogP contribution in [0.2, 0.25) is 0 Å². The molecule has 0 amide bonds. The number of hydrogen-bond acceptors (Lipinski definition) is 3. The fraction of sp³-hybridized carbons (Fsp3) is 0.286. The monoisotopic (exact) mass is 245 g/mol. The third kappa shape index (κ3) is 2.27. The zero-order valence-electron chi connectivity index (χ0n) is 10.7. The first kappa shape index (κ1) is 12.4. The zero-order valence-corrected chi connectivity index (χ0v) is 10.7. The highest BCUT2D eigenvalue weighted by Crippen LogP contribution is 2.28. The van der Waals surface area contributed by atoms with E-state index in [1.807, 2.05) is 32.0 Å². The number of methoxy groups -OCH3 is 1. The average Bonchev–Trinajstić information content (AvgIpc) is 2.28. The van der Waals surface area contributed by atoms with Crippen LogP contribution in [-0.4, -0.2) is 23.2 Å². The Morgan fingerprint density at radius 2 is 2.06 bits per heavy atom. The fourth-order valence-electron chi connectivity index (χ4n) is 2.11. The Morgan fingerprint density at radius 3 is 2.67 bits per heavy atom. The highest BCUT2D eigenvalue weighted by atomic mass is 16.5. The standard InChI is InChI=1S/C14H15NO3/c1-8-4-10(7-13(16)17)6-11-12(18-3)5-9(2)15-14(8)11/h4-6H,7H2,1-3H3,(H,16,17). The van der Waals surface area contributed by atoms with E-state index < -0.39 is 5.97 Å². The highest BCUT2D eigenvalue weighted by Gasteiger charge is 2.10. The second kappa shape index (κ2) is 4.64. The molecule has 94 valence electrons. The second-order valence-electron chi connectivity index (χ2n) is 4.35. The topological polar surface area (TPSA) is 59.4 Å². The summed E-state index contributed by atoms with van der Waals surface area (Å²) >= 11 is 0. The molecule has 1 N–H and O–H groups in total. The van der Waals surface area contributed by atoms with Crippen molar-refractivity contribution in [1.82, 2.24) is 4.98 Å². The number of carboxylic acids is 1. The summed E-state index contributed by atoms with van der Waals surface area (Å²) in [6, 6.07) is 5.55. The van der Waals surface area contributed by atoms with E-state index in [1.165, 1.54) is 0 Å². The van der Waals surface area contributed by atoms with Gasteiger partial charge in [0.1, 0.15) is 5.75 Å². The summed E-state index contributed by atoms with van der Waals surface area (Å²) in [5, 5.41) is 9.71. The number of aromatic nitrogens is 1. The van der Waals surface area contributed by atoms with Gasteiger partial charge in [-0.15, -0.1) is 0 Å². The molecule has 0 saturated heterocycles. The second-order valence-corrected chi connectivity index (χ2v) is 4.35. The largest absolute Gasteiger partial charge is 0.496 e. The van der Waals surface area contributed by atoms with Crippen LogP contribution in [0.5, 0.6) is 5.75 Å². The number of pyridine rings is 1. The number of aryl methyl sites for hydroxylation is 2. The molecule has 0 radical (unpaired) electrons. The van der Waals surface area contributed by atoms with Gasteiger partial charge in [0, 0.05) is 17.1 Å². The molecule has 1 aromatic heterocycles. The molecular weight excluding hydrogens is 230 g/mol. The van der Waals surface area contributed by atoms with Crippen molar-refractivity contribution in [3.8, 4) is 5.75 Å². The van der Waals surface area contributed by atoms with Gasteiger partial charge in [-0.05, 0) is 31.0 Å². The number of aliphatic carboxylic acids is 1. The molecule has 4 heteroatoms. The van der Waals surface area contributed by atoms with Gasteiger partial charge in [-0.25, -0.2) is 0 Å². The summed E-state index contributed by atoms with van der Waals surface area (Å²) < 4.78 is 5.34. The van der Waals surface area contributed by atoms with E-state index in [9.17, 15) is 4.79 Å². The van der Waals surface area contributed by atoms with Crippen molar-refractivity contribution in [2.24, 2.45) is 0 Å². The van der Waals surface area contributed by atoms with E-state index in [0.29, 0.717) is 0 Å². The Labute approximate surface area is 105 Å². The van der Waals surface area contributed by atoms with Crippen molar-refractivity contribution in [2.45, 2.75) is 20.3 Å². The summed E-state index contributed by atoms with van der Waals surface area (Å²) in [5.41, 5.74) is 3.47. The number of hydrogen-bond donors (Lipinski definition) is 1. The summed E-state index contributed by atoms with van der Waals surface area (Å²) in [4.78, 5) is 15.3. The van der Waals surface area contributed by atoms with E-state index in [1.54, 1.807) is 7.11 Å². The van der Waals surface area contributed by atoms with Gasteiger partial charge in [0.2, 0.25) is 0 Å². The number of benzene rings is 1. The van der Waals surface area contributed by atoms with Crippen LogP contribution >= 0.6 is 0 Å². The van der Waals surface area contributed by atoms with Gasteiger partial charge in [0.25, 0.3) is 0 Å². The maximum absolute atomic E-state index is 10.8. The first-order valence-corrected chi connectivity index (χ1v) is 5.68. The number of rotatable bonds is 3. The summed E-state index contributed by atoms with van der Waals surface area (Å²) in [5.74, 6) is -0.111. The van der Waals surface area contributed by atoms with E-state index in [4.69, 9.17) is 9.84 Å². The smallest absolute Gasteiger partial charge is 0.307 e. The van der Waals surface area contributed by atoms with Crippen LogP contribution in [0.3, 0.4) is 0 Å². The molecule has 2 aromatic rings. The lowest BCUT2D eigenvalue weighted by Gasteiger charge is -2.10. The number of fused-ring (bicyclic) bond motifs is 1. The first-order chi connectivity index (χ1) is 8.51. The Morgan fingerprint density at radius 1 is 1.33 bits per heavy atom. The lowest BCUT2D eigenvalue weighted by Crippen LogP contribution is -2.01. The molecule has 18 heavy (non-hydrogen) atoms. The van der Waals surface area contributed by atoms with Gasteiger partial charge in [-0.3, -0.25) is 9.78 Å². The quantitative estimate of drug-likeness (QED) is 0.902. The van der Waals surface area contributed by atoms with Crippen molar-refractivity contribution in [1.29, 1.82) is 0 Å². The van der Waals surface area contributed by atoms with Crippen LogP contribution in [0.15, 0.2) is 18.2 Å². The minimum atomic E-state index is -0.840. The highest BCUT2D eigenvalue weighted by molar-refractivity contribution is 5.89. The van der Waals surface area contributed by atoms with Gasteiger partial charge < -0.3 is 9.84 Å². The predicted octanol–water partition coefficient (Wildman–Crippen LogP) is 2.49. The molecule has 0 atom stereocenters. The van der Waals surface area contributed by atoms with Gasteiger partial charge in [-0.1, -0.05) is 6.07 Å². The SMILES string of the molecule is COc1cc(C)nc2c(C)cc(CC(=O)O)cc12. The number of carbonyl (C=O) groups is 1. The molecule has 0 spiro atoms. The van der Waals surface area contributed by atoms with E-state index in [2.05, 4.69) is 4.98 Å². The summed E-state index contributed by atoms with van der Waals surface area (Å²) in [6.45, 7) is 3.84. The fourth-order valence-corrected chi connectivity index (χ4v) is 2.11. The predicted molar refractivity (Wildman–Crippen MR) is 69.1 cm³/mol. The van der Waals surface area contributed by atoms with Crippen LogP contribution in [0, 0.1) is 13.8 Å². The number of ether oxygens (including phenoxy) is 1. The van der Waals surface area contributed by atoms with Gasteiger partial charge in [0.15, 0.2) is 0 Å². The third-order valence-electron chi connectivity index (χ3n) is 2.83. The van der Waals surface area contributed by atoms with Crippen molar-refractivity contribution in [3.05, 3.63) is 35.0 Å². The maximum Gasteiger partial charge on any atom is 0.307 e. The molecule has 0 saturated carbocycles. The number of nitrogens with zero attached hydrogens (tertiary/aromatic N) is 1. The minimum Gasteiger partial charge on any atom is -0.496 e. The molecule has 0 aliphatic rings. The van der Waals surface area contributed by atoms with Crippen molar-refractivity contribution >= 4 is 16.9 Å². The van der Waals surface area contributed by atoms with Crippen LogP contribution in [0.25, 0.3) is 10.9 Å². The van der Waals surface area contributed by atoms with Crippen molar-refractivity contribution < 1.29 is 14.6 Å². The molecule has 0 fully saturated rings. The first-order valence-electron chi connectivity index (χ1n) is 5.68. The Balaban J connectivity index is 2.70. The Hall–Kier alpha value is -2.10. The summed E-state index contributed by atoms with van der Waals surface area (Å²) in [6.07, 6.45) is 0.00775. The molecule has 4 nitrogen and oxygen atoms in total. The molecule has 0 bridgehead atoms. The number of carboxylic acid groups (broad SMARTS) is 1. The van der Waals surface area contributed by atoms with Gasteiger partial charge in [-0.2, -0.15) is 0 Å². The minimum absolute atomic E-state index is 0.00775. The molecular formula is C14H15NO3. The van der Waals surface area contributed by atoms with Crippen LogP contribution in [0.1, 0.15) is 16.8 Å². The molecule has 0 unspecified atom stereocenters. The van der Waals surface area contributed by atoms with Gasteiger partial charge >= 0.3 is 5.97 Å². The van der Waals surface area contributed by atoms with Crippen molar-refractivity contribution in [3.63, 3.8) is 0 Å². The summed E-state index contributed by atoms with van der Waals surface area (Å²) in [7, 11) is 1.60. The van der Waals surface area contributed by atoms with E-state index >= 15 is 0 Å². The van der Waals surface area contributed by atoms with Crippen LogP contribution in [0.4, 0.5) is 0 Å². The van der Waals surface area contributed by atoms with Crippen molar-refractivity contribution in [2.75, 3.05) is 7.11 Å². The normalized spacial score (nSPS) is 10.6. The molecule has 1 aromatic carbocycles. The molecule has 2 rings (SSSR count). The molecule has 0 aliphatic heterocycles. The Bertz CT molecular complexity index is 620.